The molecule has 0 saturated carbocycles. The molecule has 0 unspecified atom stereocenters. The highest BCUT2D eigenvalue weighted by Crippen LogP contribution is 2.30. The molecule has 5 nitrogen and oxygen atoms in total. The van der Waals surface area contributed by atoms with Gasteiger partial charge < -0.3 is 4.74 Å². The van der Waals surface area contributed by atoms with Crippen LogP contribution in [0.4, 0.5) is 5.69 Å². The number of nitrogens with zero attached hydrogens (tertiary/aromatic N) is 1. The van der Waals surface area contributed by atoms with Gasteiger partial charge in [0.2, 0.25) is 0 Å². The van der Waals surface area contributed by atoms with E-state index in [1.165, 1.54) is 0 Å². The highest BCUT2D eigenvalue weighted by Gasteiger charge is 2.36. The Labute approximate surface area is 166 Å². The van der Waals surface area contributed by atoms with E-state index in [0.717, 1.165) is 4.90 Å². The summed E-state index contributed by atoms with van der Waals surface area (Å²) in [7, 11) is 0. The Bertz CT molecular complexity index is 1060. The molecule has 1 aliphatic rings. The minimum absolute atomic E-state index is 0.173. The molecule has 0 atom stereocenters. The first-order chi connectivity index (χ1) is 13.5. The van der Waals surface area contributed by atoms with E-state index >= 15 is 0 Å². The molecule has 0 aromatic heterocycles. The molecule has 6 heteroatoms. The molecule has 138 valence electrons. The zero-order valence-corrected chi connectivity index (χ0v) is 15.3. The van der Waals surface area contributed by atoms with E-state index < -0.39 is 0 Å². The quantitative estimate of drug-likeness (QED) is 0.477. The normalized spacial score (nSPS) is 12.8. The monoisotopic (exact) mass is 391 g/mol. The van der Waals surface area contributed by atoms with Crippen LogP contribution in [0.15, 0.2) is 72.8 Å². The van der Waals surface area contributed by atoms with Crippen molar-refractivity contribution in [1.82, 2.24) is 0 Å². The second kappa shape index (κ2) is 7.29. The molecule has 1 heterocycles. The Morgan fingerprint density at radius 3 is 2.14 bits per heavy atom. The van der Waals surface area contributed by atoms with Gasteiger partial charge in [0.25, 0.3) is 11.8 Å². The molecule has 0 N–H and O–H groups in total. The Balaban J connectivity index is 1.51. The number of anilines is 1. The predicted octanol–water partition coefficient (Wildman–Crippen LogP) is 4.40. The van der Waals surface area contributed by atoms with E-state index in [1.807, 2.05) is 0 Å². The number of halogens is 1. The van der Waals surface area contributed by atoms with Gasteiger partial charge >= 0.3 is 0 Å². The minimum atomic E-state index is -0.380. The predicted molar refractivity (Wildman–Crippen MR) is 105 cm³/mol. The molecule has 3 aromatic rings. The van der Waals surface area contributed by atoms with Crippen LogP contribution in [0, 0.1) is 0 Å². The number of Topliss-reactive ketones (excluding diaryl/α,β-unsaturated/α-hetero) is 1. The standard InChI is InChI=1S/C22H14ClNO4/c23-15-10-8-14(9-11-15)20(25)13-28-17-5-3-4-16(12-17)24-21(26)18-6-1-2-7-19(18)22(24)27/h1-12H,13H2. The van der Waals surface area contributed by atoms with E-state index in [0.29, 0.717) is 33.1 Å². The maximum absolute atomic E-state index is 12.6. The van der Waals surface area contributed by atoms with Gasteiger partial charge in [-0.25, -0.2) is 4.90 Å². The van der Waals surface area contributed by atoms with E-state index in [2.05, 4.69) is 0 Å². The average molecular weight is 392 g/mol. The first-order valence-electron chi connectivity index (χ1n) is 8.54. The minimum Gasteiger partial charge on any atom is -0.485 e. The van der Waals surface area contributed by atoms with E-state index in [-0.39, 0.29) is 24.2 Å². The van der Waals surface area contributed by atoms with Gasteiger partial charge in [0.05, 0.1) is 16.8 Å². The number of hydrogen-bond donors (Lipinski definition) is 0. The first kappa shape index (κ1) is 17.9. The lowest BCUT2D eigenvalue weighted by molar-refractivity contribution is 0.0910. The highest BCUT2D eigenvalue weighted by atomic mass is 35.5. The summed E-state index contributed by atoms with van der Waals surface area (Å²) in [4.78, 5) is 38.5. The first-order valence-corrected chi connectivity index (χ1v) is 8.92. The van der Waals surface area contributed by atoms with Crippen molar-refractivity contribution in [3.05, 3.63) is 94.5 Å². The van der Waals surface area contributed by atoms with Gasteiger partial charge in [-0.05, 0) is 48.5 Å². The van der Waals surface area contributed by atoms with E-state index in [1.54, 1.807) is 72.8 Å². The number of ether oxygens (including phenoxy) is 1. The lowest BCUT2D eigenvalue weighted by atomic mass is 10.1. The van der Waals surface area contributed by atoms with E-state index in [9.17, 15) is 14.4 Å². The summed E-state index contributed by atoms with van der Waals surface area (Å²) in [5, 5.41) is 0.547. The summed E-state index contributed by atoms with van der Waals surface area (Å²) in [6.07, 6.45) is 0. The molecule has 0 radical (unpaired) electrons. The Hall–Kier alpha value is -3.44. The fourth-order valence-electron chi connectivity index (χ4n) is 3.00. The molecule has 0 saturated heterocycles. The summed E-state index contributed by atoms with van der Waals surface area (Å²) in [5.41, 5.74) is 1.62. The number of hydrogen-bond acceptors (Lipinski definition) is 4. The third-order valence-electron chi connectivity index (χ3n) is 4.41. The van der Waals surface area contributed by atoms with E-state index in [4.69, 9.17) is 16.3 Å². The van der Waals surface area contributed by atoms with Crippen LogP contribution >= 0.6 is 11.6 Å². The molecular formula is C22H14ClNO4. The van der Waals surface area contributed by atoms with Crippen molar-refractivity contribution in [2.45, 2.75) is 0 Å². The topological polar surface area (TPSA) is 63.7 Å². The summed E-state index contributed by atoms with van der Waals surface area (Å²) in [6.45, 7) is -0.173. The van der Waals surface area contributed by atoms with Gasteiger partial charge in [-0.3, -0.25) is 14.4 Å². The molecule has 4 rings (SSSR count). The third-order valence-corrected chi connectivity index (χ3v) is 4.66. The van der Waals surface area contributed by atoms with Crippen molar-refractivity contribution >= 4 is 34.9 Å². The average Bonchev–Trinajstić information content (AvgIpc) is 2.98. The fourth-order valence-corrected chi connectivity index (χ4v) is 3.13. The third kappa shape index (κ3) is 3.28. The number of ketones is 1. The smallest absolute Gasteiger partial charge is 0.266 e. The van der Waals surface area contributed by atoms with Crippen molar-refractivity contribution in [2.75, 3.05) is 11.5 Å². The number of amides is 2. The largest absolute Gasteiger partial charge is 0.485 e. The molecule has 3 aromatic carbocycles. The molecule has 0 bridgehead atoms. The summed E-state index contributed by atoms with van der Waals surface area (Å²) in [5.74, 6) is -0.579. The number of fused-ring (bicyclic) bond motifs is 1. The van der Waals surface area contributed by atoms with Gasteiger partial charge in [0, 0.05) is 16.7 Å². The number of imide groups is 1. The number of carbonyl (C=O) groups is 3. The van der Waals surface area contributed by atoms with Crippen LogP contribution < -0.4 is 9.64 Å². The van der Waals surface area contributed by atoms with Gasteiger partial charge in [-0.1, -0.05) is 29.8 Å². The molecule has 2 amide bonds. The molecule has 0 fully saturated rings. The number of carbonyl (C=O) groups excluding carboxylic acids is 3. The van der Waals surface area contributed by atoms with Crippen LogP contribution in [0.3, 0.4) is 0 Å². The second-order valence-electron chi connectivity index (χ2n) is 6.21. The molecule has 0 spiro atoms. The van der Waals surface area contributed by atoms with Gasteiger partial charge in [-0.2, -0.15) is 0 Å². The van der Waals surface area contributed by atoms with Crippen molar-refractivity contribution < 1.29 is 19.1 Å². The Morgan fingerprint density at radius 1 is 0.857 bits per heavy atom. The number of benzene rings is 3. The summed E-state index contributed by atoms with van der Waals surface area (Å²) in [6, 6.07) is 19.8. The maximum Gasteiger partial charge on any atom is 0.266 e. The van der Waals surface area contributed by atoms with Crippen LogP contribution in [-0.4, -0.2) is 24.2 Å². The van der Waals surface area contributed by atoms with Crippen molar-refractivity contribution in [3.8, 4) is 5.75 Å². The zero-order chi connectivity index (χ0) is 19.7. The number of rotatable bonds is 5. The molecule has 0 aliphatic carbocycles. The lowest BCUT2D eigenvalue weighted by Crippen LogP contribution is -2.29. The summed E-state index contributed by atoms with van der Waals surface area (Å²) >= 11 is 5.82. The van der Waals surface area contributed by atoms with Crippen LogP contribution in [0.5, 0.6) is 5.75 Å². The van der Waals surface area contributed by atoms with Crippen LogP contribution in [0.25, 0.3) is 0 Å². The Kier molecular flexibility index (Phi) is 4.67. The lowest BCUT2D eigenvalue weighted by Gasteiger charge is -2.15. The van der Waals surface area contributed by atoms with Crippen molar-refractivity contribution in [2.24, 2.45) is 0 Å². The fraction of sp³-hybridized carbons (Fsp3) is 0.0455. The zero-order valence-electron chi connectivity index (χ0n) is 14.6. The van der Waals surface area contributed by atoms with Crippen LogP contribution in [0.1, 0.15) is 31.1 Å². The SMILES string of the molecule is O=C(COc1cccc(N2C(=O)c3ccccc3C2=O)c1)c1ccc(Cl)cc1. The molecular weight excluding hydrogens is 378 g/mol. The Morgan fingerprint density at radius 2 is 1.50 bits per heavy atom. The summed E-state index contributed by atoms with van der Waals surface area (Å²) < 4.78 is 5.57. The highest BCUT2D eigenvalue weighted by molar-refractivity contribution is 6.34. The molecule has 1 aliphatic heterocycles. The van der Waals surface area contributed by atoms with Crippen LogP contribution in [-0.2, 0) is 0 Å². The van der Waals surface area contributed by atoms with Crippen LogP contribution in [0.2, 0.25) is 5.02 Å². The molecule has 28 heavy (non-hydrogen) atoms. The maximum atomic E-state index is 12.6. The van der Waals surface area contributed by atoms with Gasteiger partial charge in [0.1, 0.15) is 5.75 Å². The van der Waals surface area contributed by atoms with Crippen molar-refractivity contribution in [3.63, 3.8) is 0 Å². The van der Waals surface area contributed by atoms with Gasteiger partial charge in [-0.15, -0.1) is 0 Å². The van der Waals surface area contributed by atoms with Gasteiger partial charge in [0.15, 0.2) is 12.4 Å². The second-order valence-corrected chi connectivity index (χ2v) is 6.64. The van der Waals surface area contributed by atoms with Crippen molar-refractivity contribution in [1.29, 1.82) is 0 Å².